The fraction of sp³-hybridized carbons (Fsp3) is 0.333. The number of rotatable bonds is 3. The number of ether oxygens (including phenoxy) is 1. The van der Waals surface area contributed by atoms with Gasteiger partial charge in [-0.05, 0) is 17.7 Å². The molecule has 18 heavy (non-hydrogen) atoms. The summed E-state index contributed by atoms with van der Waals surface area (Å²) in [5.74, 6) is 0. The van der Waals surface area contributed by atoms with Crippen LogP contribution in [0.15, 0.2) is 34.1 Å². The number of sulfonamides is 1. The number of morpholine rings is 1. The number of hydrogen-bond donors (Lipinski definition) is 0. The molecule has 1 aliphatic rings. The maximum atomic E-state index is 12.0. The third-order valence-electron chi connectivity index (χ3n) is 2.65. The van der Waals surface area contributed by atoms with Crippen LogP contribution in [0.3, 0.4) is 0 Å². The Morgan fingerprint density at radius 1 is 1.22 bits per heavy atom. The molecule has 1 heterocycles. The molecule has 98 valence electrons. The number of halogens is 1. The lowest BCUT2D eigenvalue weighted by atomic mass is 10.2. The molecule has 0 unspecified atom stereocenters. The Labute approximate surface area is 115 Å². The Balaban J connectivity index is 2.15. The molecule has 1 aliphatic heterocycles. The molecule has 0 bridgehead atoms. The first kappa shape index (κ1) is 13.7. The summed E-state index contributed by atoms with van der Waals surface area (Å²) >= 11 is 3.38. The summed E-state index contributed by atoms with van der Waals surface area (Å²) in [5, 5.41) is 1.25. The van der Waals surface area contributed by atoms with Crippen molar-refractivity contribution in [2.24, 2.45) is 0 Å². The zero-order valence-electron chi connectivity index (χ0n) is 9.75. The summed E-state index contributed by atoms with van der Waals surface area (Å²) in [5.41, 5.74) is 0.842. The standard InChI is InChI=1S/C12H14BrNO3S/c13-12-4-2-1-3-11(12)5-10-18(15,16)14-6-8-17-9-7-14/h1-5,10H,6-9H2/b10-5+. The van der Waals surface area contributed by atoms with E-state index >= 15 is 0 Å². The van der Waals surface area contributed by atoms with Gasteiger partial charge < -0.3 is 4.74 Å². The van der Waals surface area contributed by atoms with Crippen LogP contribution in [-0.4, -0.2) is 39.0 Å². The largest absolute Gasteiger partial charge is 0.379 e. The van der Waals surface area contributed by atoms with Crippen molar-refractivity contribution in [1.82, 2.24) is 4.31 Å². The lowest BCUT2D eigenvalue weighted by Gasteiger charge is -2.24. The van der Waals surface area contributed by atoms with Gasteiger partial charge >= 0.3 is 0 Å². The molecule has 0 aliphatic carbocycles. The minimum Gasteiger partial charge on any atom is -0.379 e. The van der Waals surface area contributed by atoms with Gasteiger partial charge in [0, 0.05) is 23.0 Å². The van der Waals surface area contributed by atoms with Crippen LogP contribution in [-0.2, 0) is 14.8 Å². The molecular formula is C12H14BrNO3S. The first-order valence-corrected chi connectivity index (χ1v) is 7.90. The van der Waals surface area contributed by atoms with Crippen molar-refractivity contribution in [3.05, 3.63) is 39.7 Å². The normalized spacial score (nSPS) is 18.3. The summed E-state index contributed by atoms with van der Waals surface area (Å²) in [6.07, 6.45) is 1.61. The van der Waals surface area contributed by atoms with Crippen LogP contribution in [0.25, 0.3) is 6.08 Å². The van der Waals surface area contributed by atoms with E-state index in [1.54, 1.807) is 6.08 Å². The minimum absolute atomic E-state index is 0.419. The molecule has 0 amide bonds. The lowest BCUT2D eigenvalue weighted by molar-refractivity contribution is 0.0736. The van der Waals surface area contributed by atoms with Gasteiger partial charge in [0.1, 0.15) is 0 Å². The van der Waals surface area contributed by atoms with Gasteiger partial charge in [-0.1, -0.05) is 34.1 Å². The molecule has 1 aromatic carbocycles. The summed E-state index contributed by atoms with van der Waals surface area (Å²) in [6.45, 7) is 1.76. The molecule has 2 rings (SSSR count). The van der Waals surface area contributed by atoms with Crippen molar-refractivity contribution in [1.29, 1.82) is 0 Å². The maximum Gasteiger partial charge on any atom is 0.236 e. The highest BCUT2D eigenvalue weighted by Crippen LogP contribution is 2.18. The molecule has 1 saturated heterocycles. The van der Waals surface area contributed by atoms with E-state index in [-0.39, 0.29) is 0 Å². The van der Waals surface area contributed by atoms with Crippen molar-refractivity contribution in [2.75, 3.05) is 26.3 Å². The number of hydrogen-bond acceptors (Lipinski definition) is 3. The van der Waals surface area contributed by atoms with Gasteiger partial charge in [0.25, 0.3) is 0 Å². The molecule has 0 saturated carbocycles. The van der Waals surface area contributed by atoms with E-state index in [1.807, 2.05) is 24.3 Å². The number of benzene rings is 1. The zero-order valence-corrected chi connectivity index (χ0v) is 12.2. The fourth-order valence-electron chi connectivity index (χ4n) is 1.66. The van der Waals surface area contributed by atoms with Crippen molar-refractivity contribution in [3.63, 3.8) is 0 Å². The van der Waals surface area contributed by atoms with Crippen molar-refractivity contribution in [2.45, 2.75) is 0 Å². The monoisotopic (exact) mass is 331 g/mol. The third kappa shape index (κ3) is 3.41. The molecule has 0 N–H and O–H groups in total. The van der Waals surface area contributed by atoms with E-state index in [2.05, 4.69) is 15.9 Å². The average molecular weight is 332 g/mol. The Morgan fingerprint density at radius 3 is 2.56 bits per heavy atom. The summed E-state index contributed by atoms with van der Waals surface area (Å²) in [4.78, 5) is 0. The topological polar surface area (TPSA) is 46.6 Å². The van der Waals surface area contributed by atoms with E-state index in [0.29, 0.717) is 26.3 Å². The minimum atomic E-state index is -3.35. The second-order valence-electron chi connectivity index (χ2n) is 3.88. The van der Waals surface area contributed by atoms with Crippen LogP contribution in [0.1, 0.15) is 5.56 Å². The van der Waals surface area contributed by atoms with Gasteiger partial charge in [-0.2, -0.15) is 4.31 Å². The molecular weight excluding hydrogens is 318 g/mol. The molecule has 6 heteroatoms. The fourth-order valence-corrected chi connectivity index (χ4v) is 3.22. The molecule has 1 aromatic rings. The van der Waals surface area contributed by atoms with Gasteiger partial charge in [-0.15, -0.1) is 0 Å². The SMILES string of the molecule is O=S(=O)(/C=C/c1ccccc1Br)N1CCOCC1. The second-order valence-corrected chi connectivity index (χ2v) is 6.55. The van der Waals surface area contributed by atoms with Crippen LogP contribution >= 0.6 is 15.9 Å². The van der Waals surface area contributed by atoms with Crippen LogP contribution in [0.4, 0.5) is 0 Å². The molecule has 4 nitrogen and oxygen atoms in total. The Bertz CT molecular complexity index is 536. The van der Waals surface area contributed by atoms with Crippen LogP contribution < -0.4 is 0 Å². The van der Waals surface area contributed by atoms with E-state index in [1.165, 1.54) is 9.71 Å². The molecule has 1 fully saturated rings. The summed E-state index contributed by atoms with van der Waals surface area (Å²) in [6, 6.07) is 7.49. The highest BCUT2D eigenvalue weighted by molar-refractivity contribution is 9.10. The van der Waals surface area contributed by atoms with E-state index in [4.69, 9.17) is 4.74 Å². The highest BCUT2D eigenvalue weighted by atomic mass is 79.9. The summed E-state index contributed by atoms with van der Waals surface area (Å²) in [7, 11) is -3.35. The smallest absolute Gasteiger partial charge is 0.236 e. The van der Waals surface area contributed by atoms with Crippen molar-refractivity contribution >= 4 is 32.0 Å². The van der Waals surface area contributed by atoms with Gasteiger partial charge in [0.2, 0.25) is 10.0 Å². The van der Waals surface area contributed by atoms with Crippen molar-refractivity contribution in [3.8, 4) is 0 Å². The Morgan fingerprint density at radius 2 is 1.89 bits per heavy atom. The van der Waals surface area contributed by atoms with E-state index in [9.17, 15) is 8.42 Å². The maximum absolute atomic E-state index is 12.0. The highest BCUT2D eigenvalue weighted by Gasteiger charge is 2.21. The molecule has 0 radical (unpaired) electrons. The first-order valence-electron chi connectivity index (χ1n) is 5.60. The van der Waals surface area contributed by atoms with Crippen LogP contribution in [0.5, 0.6) is 0 Å². The lowest BCUT2D eigenvalue weighted by Crippen LogP contribution is -2.39. The van der Waals surface area contributed by atoms with Gasteiger partial charge in [-0.25, -0.2) is 8.42 Å². The van der Waals surface area contributed by atoms with E-state index in [0.717, 1.165) is 10.0 Å². The van der Waals surface area contributed by atoms with Gasteiger partial charge in [0.05, 0.1) is 13.2 Å². The van der Waals surface area contributed by atoms with Crippen LogP contribution in [0, 0.1) is 0 Å². The molecule has 0 atom stereocenters. The number of nitrogens with zero attached hydrogens (tertiary/aromatic N) is 1. The van der Waals surface area contributed by atoms with Gasteiger partial charge in [-0.3, -0.25) is 0 Å². The van der Waals surface area contributed by atoms with E-state index < -0.39 is 10.0 Å². The van der Waals surface area contributed by atoms with Crippen molar-refractivity contribution < 1.29 is 13.2 Å². The molecule has 0 spiro atoms. The average Bonchev–Trinajstić information content (AvgIpc) is 2.39. The Kier molecular flexibility index (Phi) is 4.55. The summed E-state index contributed by atoms with van der Waals surface area (Å²) < 4.78 is 31.5. The molecule has 0 aromatic heterocycles. The third-order valence-corrected chi connectivity index (χ3v) is 4.94. The van der Waals surface area contributed by atoms with Crippen LogP contribution in [0.2, 0.25) is 0 Å². The second kappa shape index (κ2) is 5.97. The Hall–Kier alpha value is -0.690. The van der Waals surface area contributed by atoms with Gasteiger partial charge in [0.15, 0.2) is 0 Å². The predicted molar refractivity (Wildman–Crippen MR) is 74.5 cm³/mol. The first-order chi connectivity index (χ1) is 8.59. The zero-order chi connectivity index (χ0) is 13.0. The quantitative estimate of drug-likeness (QED) is 0.851. The predicted octanol–water partition coefficient (Wildman–Crippen LogP) is 2.08.